The molecule has 3 aromatic heterocycles. The molecule has 0 spiro atoms. The third kappa shape index (κ3) is 11.0. The van der Waals surface area contributed by atoms with E-state index in [9.17, 15) is 33.3 Å². The van der Waals surface area contributed by atoms with Gasteiger partial charge >= 0.3 is 12.2 Å². The van der Waals surface area contributed by atoms with Crippen LogP contribution in [-0.2, 0) is 6.54 Å². The minimum absolute atomic E-state index is 0.00498. The number of amides is 1. The molecule has 3 aliphatic rings. The van der Waals surface area contributed by atoms with Crippen LogP contribution in [0.3, 0.4) is 0 Å². The first-order chi connectivity index (χ1) is 36.9. The molecule has 21 heteroatoms. The fourth-order valence-electron chi connectivity index (χ4n) is 10.8. The van der Waals surface area contributed by atoms with Crippen molar-refractivity contribution in [3.8, 4) is 63.9 Å². The lowest BCUT2D eigenvalue weighted by Gasteiger charge is -2.34. The summed E-state index contributed by atoms with van der Waals surface area (Å²) in [6.07, 6.45) is 5.72. The molecule has 4 aromatic carbocycles. The number of carbonyl (C=O) groups is 1. The molecule has 2 bridgehead atoms. The first kappa shape index (κ1) is 52.8. The summed E-state index contributed by atoms with van der Waals surface area (Å²) in [5.74, 6) is 0.669. The molecule has 3 saturated heterocycles. The molecule has 402 valence electrons. The number of likely N-dealkylation sites (N-methyl/N-ethyl adjacent to an activating group) is 1. The van der Waals surface area contributed by atoms with Gasteiger partial charge in [0, 0.05) is 91.9 Å². The Bertz CT molecular complexity index is 3370. The van der Waals surface area contributed by atoms with Gasteiger partial charge in [-0.2, -0.15) is 23.1 Å². The summed E-state index contributed by atoms with van der Waals surface area (Å²) in [6, 6.07) is 16.6. The van der Waals surface area contributed by atoms with Crippen LogP contribution in [0.5, 0.6) is 23.3 Å². The van der Waals surface area contributed by atoms with Crippen molar-refractivity contribution in [2.75, 3.05) is 57.8 Å². The van der Waals surface area contributed by atoms with Crippen LogP contribution in [0.2, 0.25) is 0 Å². The van der Waals surface area contributed by atoms with Gasteiger partial charge in [0.15, 0.2) is 11.6 Å². The van der Waals surface area contributed by atoms with E-state index < -0.39 is 29.8 Å². The predicted octanol–water partition coefficient (Wildman–Crippen LogP) is 7.15. The number of phenols is 3. The number of nitrogens with one attached hydrogen (secondary N) is 4. The molecule has 77 heavy (non-hydrogen) atoms. The number of hydrogen-bond donors (Lipinski definition) is 7. The molecule has 3 unspecified atom stereocenters. The van der Waals surface area contributed by atoms with E-state index in [0.29, 0.717) is 83.0 Å². The van der Waals surface area contributed by atoms with Crippen LogP contribution in [0.4, 0.5) is 23.4 Å². The Morgan fingerprint density at radius 1 is 0.935 bits per heavy atom. The summed E-state index contributed by atoms with van der Waals surface area (Å²) in [6.45, 7) is 9.60. The number of alkyl halides is 3. The Labute approximate surface area is 442 Å². The lowest BCUT2D eigenvalue weighted by molar-refractivity contribution is -0.149. The number of fused-ring (bicyclic) bond motifs is 4. The fourth-order valence-corrected chi connectivity index (χ4v) is 10.8. The lowest BCUT2D eigenvalue weighted by atomic mass is 9.96. The number of carbonyl (C=O) groups excluding carboxylic acids is 1. The normalized spacial score (nSPS) is 19.1. The molecule has 10 rings (SSSR count). The van der Waals surface area contributed by atoms with Crippen molar-refractivity contribution in [3.63, 3.8) is 0 Å². The molecule has 7 N–H and O–H groups in total. The summed E-state index contributed by atoms with van der Waals surface area (Å²) in [5, 5.41) is 54.5. The summed E-state index contributed by atoms with van der Waals surface area (Å²) in [5.41, 5.74) is 2.84. The number of benzene rings is 4. The fraction of sp³-hybridized carbons (Fsp3) is 0.393. The molecular formula is C56H60F4N12O5. The number of likely N-dealkylation sites (tertiary alicyclic amines) is 1. The van der Waals surface area contributed by atoms with E-state index in [1.165, 1.54) is 16.7 Å². The van der Waals surface area contributed by atoms with E-state index in [1.54, 1.807) is 36.5 Å². The van der Waals surface area contributed by atoms with Gasteiger partial charge in [0.1, 0.15) is 46.9 Å². The summed E-state index contributed by atoms with van der Waals surface area (Å²) in [4.78, 5) is 31.9. The largest absolute Gasteiger partial charge is 0.508 e. The van der Waals surface area contributed by atoms with E-state index in [4.69, 9.17) is 16.1 Å². The van der Waals surface area contributed by atoms with Crippen molar-refractivity contribution in [3.05, 3.63) is 101 Å². The van der Waals surface area contributed by atoms with Crippen LogP contribution >= 0.6 is 0 Å². The molecule has 6 heterocycles. The minimum atomic E-state index is -4.70. The Morgan fingerprint density at radius 3 is 2.42 bits per heavy atom. The highest BCUT2D eigenvalue weighted by molar-refractivity contribution is 6.03. The first-order valence-electron chi connectivity index (χ1n) is 25.8. The van der Waals surface area contributed by atoms with Crippen LogP contribution in [0, 0.1) is 24.1 Å². The third-order valence-electron chi connectivity index (χ3n) is 14.9. The Hall–Kier alpha value is -7.64. The number of rotatable bonds is 17. The number of halogens is 4. The quantitative estimate of drug-likeness (QED) is 0.0274. The topological polar surface area (TPSA) is 211 Å². The van der Waals surface area contributed by atoms with Gasteiger partial charge in [-0.15, -0.1) is 16.6 Å². The summed E-state index contributed by atoms with van der Waals surface area (Å²) >= 11 is 0. The first-order valence-corrected chi connectivity index (χ1v) is 25.8. The second-order valence-corrected chi connectivity index (χ2v) is 20.7. The van der Waals surface area contributed by atoms with Gasteiger partial charge in [0.25, 0.3) is 5.91 Å². The number of phenolic OH excluding ortho intramolecular Hbond substituents is 3. The van der Waals surface area contributed by atoms with Crippen LogP contribution < -0.4 is 30.9 Å². The highest BCUT2D eigenvalue weighted by Crippen LogP contribution is 2.41. The van der Waals surface area contributed by atoms with E-state index in [2.05, 4.69) is 58.9 Å². The lowest BCUT2D eigenvalue weighted by Crippen LogP contribution is -2.51. The number of terminal acetylenes is 1. The number of pyridine rings is 1. The van der Waals surface area contributed by atoms with Gasteiger partial charge in [-0.05, 0) is 105 Å². The van der Waals surface area contributed by atoms with Gasteiger partial charge in [-0.25, -0.2) is 4.39 Å². The maximum Gasteiger partial charge on any atom is 0.408 e. The van der Waals surface area contributed by atoms with Gasteiger partial charge in [-0.1, -0.05) is 44.0 Å². The molecule has 3 fully saturated rings. The van der Waals surface area contributed by atoms with Crippen molar-refractivity contribution in [2.24, 2.45) is 5.92 Å². The molecule has 3 aliphatic heterocycles. The molecule has 1 amide bonds. The zero-order chi connectivity index (χ0) is 54.3. The van der Waals surface area contributed by atoms with E-state index in [0.717, 1.165) is 50.9 Å². The second-order valence-electron chi connectivity index (χ2n) is 20.7. The van der Waals surface area contributed by atoms with E-state index >= 15 is 4.39 Å². The Balaban J connectivity index is 0.771. The van der Waals surface area contributed by atoms with Crippen LogP contribution in [0.1, 0.15) is 73.3 Å². The Kier molecular flexibility index (Phi) is 14.9. The average Bonchev–Trinajstić information content (AvgIpc) is 4.18. The van der Waals surface area contributed by atoms with Gasteiger partial charge < -0.3 is 46.2 Å². The maximum atomic E-state index is 17.1. The van der Waals surface area contributed by atoms with Crippen molar-refractivity contribution < 1.29 is 42.4 Å². The number of nitrogens with zero attached hydrogens (tertiary/aromatic N) is 8. The smallest absolute Gasteiger partial charge is 0.408 e. The van der Waals surface area contributed by atoms with E-state index in [1.807, 2.05) is 37.4 Å². The molecular weight excluding hydrogens is 997 g/mol. The molecule has 7 aromatic rings. The van der Waals surface area contributed by atoms with Crippen molar-refractivity contribution in [1.29, 1.82) is 0 Å². The molecule has 17 nitrogen and oxygen atoms in total. The maximum absolute atomic E-state index is 17.1. The highest BCUT2D eigenvalue weighted by atomic mass is 19.4. The Morgan fingerprint density at radius 2 is 1.69 bits per heavy atom. The highest BCUT2D eigenvalue weighted by Gasteiger charge is 2.39. The standard InChI is InChI=1S/C56H60F4N12O5/c1-6-34-8-7-9-35-19-40(73)20-43(47(34)35)49-48(57)50-44(25-63-49)51(71-27-36-12-13-37(28-71)65-36)67-55(66-50)77-29-39-18-33(26-70(39)5)24-62-17-16-61-23-32-10-14-38(15-11-32)72-52(42-21-41(30(2)3)45(74)22-46(42)75)68-69-53(72)54(76)64-31(4)56(58,59)60/h1,7-11,14-15,19-22,25,30-31,33,36-37,39,61-62,65,73-75H,12-13,16-18,23-24,26-29H2,2-5H3,(H,64,76)/t31?,33-,36?,37?,39+/m1/s1. The second kappa shape index (κ2) is 21.8. The van der Waals surface area contributed by atoms with Crippen LogP contribution in [0.25, 0.3) is 50.0 Å². The van der Waals surface area contributed by atoms with Gasteiger partial charge in [0.2, 0.25) is 5.82 Å². The summed E-state index contributed by atoms with van der Waals surface area (Å²) in [7, 11) is 2.06. The number of ether oxygens (including phenoxy) is 1. The van der Waals surface area contributed by atoms with Crippen LogP contribution in [-0.4, -0.2) is 139 Å². The predicted molar refractivity (Wildman–Crippen MR) is 284 cm³/mol. The zero-order valence-corrected chi connectivity index (χ0v) is 43.0. The number of hydrogen-bond acceptors (Lipinski definition) is 15. The molecule has 0 radical (unpaired) electrons. The zero-order valence-electron chi connectivity index (χ0n) is 43.0. The van der Waals surface area contributed by atoms with Crippen molar-refractivity contribution in [2.45, 2.75) is 82.8 Å². The van der Waals surface area contributed by atoms with Crippen molar-refractivity contribution >= 4 is 33.4 Å². The van der Waals surface area contributed by atoms with Crippen molar-refractivity contribution in [1.82, 2.24) is 55.9 Å². The average molecular weight is 1060 g/mol. The molecule has 5 atom stereocenters. The number of aromatic nitrogens is 6. The monoisotopic (exact) mass is 1060 g/mol. The number of anilines is 1. The SMILES string of the molecule is C#Cc1cccc2cc(O)cc(-c3ncc4c(N5CC6CCC(C5)N6)nc(OC[C@@H]5C[C@H](CNCCNCc6ccc(-n7c(C(=O)NC(C)C(F)(F)F)nnc7-c7cc(C(C)C)c(O)cc7O)cc6)CN5C)nc4c3F)c12. The molecule has 0 aliphatic carbocycles. The third-order valence-corrected chi connectivity index (χ3v) is 14.9. The minimum Gasteiger partial charge on any atom is -0.508 e. The molecule has 0 saturated carbocycles. The summed E-state index contributed by atoms with van der Waals surface area (Å²) < 4.78 is 65.2. The van der Waals surface area contributed by atoms with E-state index in [-0.39, 0.29) is 76.5 Å². The van der Waals surface area contributed by atoms with Crippen LogP contribution in [0.15, 0.2) is 72.9 Å². The van der Waals surface area contributed by atoms with Gasteiger partial charge in [-0.3, -0.25) is 19.2 Å². The van der Waals surface area contributed by atoms with Gasteiger partial charge in [0.05, 0.1) is 10.9 Å². The number of piperazine rings is 1. The number of aromatic hydroxyl groups is 3.